The highest BCUT2D eigenvalue weighted by molar-refractivity contribution is 7.92. The Morgan fingerprint density at radius 1 is 1.12 bits per heavy atom. The van der Waals surface area contributed by atoms with Crippen molar-refractivity contribution in [3.63, 3.8) is 0 Å². The molecule has 2 rings (SSSR count). The Kier molecular flexibility index (Phi) is 5.51. The number of carbonyl (C=O) groups excluding carboxylic acids is 1. The first kappa shape index (κ1) is 18.3. The van der Waals surface area contributed by atoms with Gasteiger partial charge in [-0.15, -0.1) is 0 Å². The van der Waals surface area contributed by atoms with Crippen molar-refractivity contribution in [1.82, 2.24) is 0 Å². The highest BCUT2D eigenvalue weighted by atomic mass is 35.5. The molecule has 24 heavy (non-hydrogen) atoms. The average Bonchev–Trinajstić information content (AvgIpc) is 2.54. The van der Waals surface area contributed by atoms with Gasteiger partial charge in [0.1, 0.15) is 4.90 Å². The molecule has 7 heteroatoms. The standard InChI is InChI=1S/C17H18ClNO4S/c1-11(2)12-4-7-14(8-5-12)19-24(21,22)16-10-13(17(20)23-3)6-9-15(16)18/h4-11,19H,1-3H3. The molecule has 0 radical (unpaired) electrons. The largest absolute Gasteiger partial charge is 0.465 e. The number of benzene rings is 2. The third-order valence-electron chi connectivity index (χ3n) is 3.47. The first-order chi connectivity index (χ1) is 11.2. The number of halogens is 1. The average molecular weight is 368 g/mol. The van der Waals surface area contributed by atoms with E-state index in [2.05, 4.69) is 23.3 Å². The molecule has 2 aromatic carbocycles. The minimum absolute atomic E-state index is 0.0222. The summed E-state index contributed by atoms with van der Waals surface area (Å²) in [5, 5.41) is 0.0222. The van der Waals surface area contributed by atoms with E-state index in [1.165, 1.54) is 25.3 Å². The molecule has 1 N–H and O–H groups in total. The zero-order valence-corrected chi connectivity index (χ0v) is 15.1. The lowest BCUT2D eigenvalue weighted by molar-refractivity contribution is 0.0600. The summed E-state index contributed by atoms with van der Waals surface area (Å²) in [6.07, 6.45) is 0. The summed E-state index contributed by atoms with van der Waals surface area (Å²) in [7, 11) is -2.71. The molecule has 0 aliphatic heterocycles. The number of nitrogens with one attached hydrogen (secondary N) is 1. The summed E-state index contributed by atoms with van der Waals surface area (Å²) >= 11 is 5.99. The minimum atomic E-state index is -3.93. The Bertz CT molecular complexity index is 845. The molecule has 0 unspecified atom stereocenters. The number of esters is 1. The molecular formula is C17H18ClNO4S. The van der Waals surface area contributed by atoms with Gasteiger partial charge in [0, 0.05) is 5.69 Å². The van der Waals surface area contributed by atoms with E-state index >= 15 is 0 Å². The highest BCUT2D eigenvalue weighted by Crippen LogP contribution is 2.26. The summed E-state index contributed by atoms with van der Waals surface area (Å²) in [5.41, 5.74) is 1.63. The molecular weight excluding hydrogens is 350 g/mol. The van der Waals surface area contributed by atoms with Crippen molar-refractivity contribution in [3.8, 4) is 0 Å². The lowest BCUT2D eigenvalue weighted by Gasteiger charge is -2.12. The quantitative estimate of drug-likeness (QED) is 0.809. The third kappa shape index (κ3) is 4.07. The van der Waals surface area contributed by atoms with Crippen molar-refractivity contribution >= 4 is 33.3 Å². The van der Waals surface area contributed by atoms with E-state index in [0.717, 1.165) is 5.56 Å². The second-order valence-corrected chi connectivity index (χ2v) is 7.58. The molecule has 0 bridgehead atoms. The van der Waals surface area contributed by atoms with Gasteiger partial charge in [-0.25, -0.2) is 13.2 Å². The Balaban J connectivity index is 2.34. The van der Waals surface area contributed by atoms with Crippen LogP contribution in [0.2, 0.25) is 5.02 Å². The van der Waals surface area contributed by atoms with Crippen LogP contribution >= 0.6 is 11.6 Å². The smallest absolute Gasteiger partial charge is 0.337 e. The van der Waals surface area contributed by atoms with Crippen LogP contribution in [0.15, 0.2) is 47.4 Å². The maximum Gasteiger partial charge on any atom is 0.337 e. The van der Waals surface area contributed by atoms with E-state index in [0.29, 0.717) is 11.6 Å². The van der Waals surface area contributed by atoms with Gasteiger partial charge < -0.3 is 4.74 Å². The van der Waals surface area contributed by atoms with Crippen molar-refractivity contribution < 1.29 is 17.9 Å². The molecule has 5 nitrogen and oxygen atoms in total. The summed E-state index contributed by atoms with van der Waals surface area (Å²) in [5.74, 6) is -0.286. The Morgan fingerprint density at radius 3 is 2.29 bits per heavy atom. The summed E-state index contributed by atoms with van der Waals surface area (Å²) < 4.78 is 32.2. The summed E-state index contributed by atoms with van der Waals surface area (Å²) in [6, 6.07) is 11.0. The lowest BCUT2D eigenvalue weighted by atomic mass is 10.0. The van der Waals surface area contributed by atoms with Crippen molar-refractivity contribution in [2.24, 2.45) is 0 Å². The van der Waals surface area contributed by atoms with Gasteiger partial charge >= 0.3 is 5.97 Å². The van der Waals surface area contributed by atoms with E-state index in [4.69, 9.17) is 11.6 Å². The molecule has 0 spiro atoms. The molecule has 0 heterocycles. The number of methoxy groups -OCH3 is 1. The zero-order chi connectivity index (χ0) is 17.9. The van der Waals surface area contributed by atoms with Crippen LogP contribution in [-0.4, -0.2) is 21.5 Å². The van der Waals surface area contributed by atoms with Gasteiger partial charge in [0.15, 0.2) is 0 Å². The number of carbonyl (C=O) groups is 1. The molecule has 0 atom stereocenters. The van der Waals surface area contributed by atoms with Crippen LogP contribution in [0.5, 0.6) is 0 Å². The minimum Gasteiger partial charge on any atom is -0.465 e. The third-order valence-corrected chi connectivity index (χ3v) is 5.33. The fourth-order valence-electron chi connectivity index (χ4n) is 2.10. The van der Waals surface area contributed by atoms with Gasteiger partial charge in [-0.3, -0.25) is 4.72 Å². The number of sulfonamides is 1. The normalized spacial score (nSPS) is 11.4. The van der Waals surface area contributed by atoms with Crippen LogP contribution < -0.4 is 4.72 Å². The van der Waals surface area contributed by atoms with E-state index in [9.17, 15) is 13.2 Å². The summed E-state index contributed by atoms with van der Waals surface area (Å²) in [6.45, 7) is 4.11. The Morgan fingerprint density at radius 2 is 1.75 bits per heavy atom. The van der Waals surface area contributed by atoms with Crippen LogP contribution in [0.4, 0.5) is 5.69 Å². The molecule has 0 fully saturated rings. The van der Waals surface area contributed by atoms with Gasteiger partial charge in [0.05, 0.1) is 17.7 Å². The van der Waals surface area contributed by atoms with Gasteiger partial charge in [-0.1, -0.05) is 37.6 Å². The first-order valence-electron chi connectivity index (χ1n) is 7.25. The lowest BCUT2D eigenvalue weighted by Crippen LogP contribution is -2.14. The topological polar surface area (TPSA) is 72.5 Å². The molecule has 0 saturated heterocycles. The molecule has 0 amide bonds. The van der Waals surface area contributed by atoms with Gasteiger partial charge in [0.2, 0.25) is 0 Å². The van der Waals surface area contributed by atoms with Crippen LogP contribution in [0.3, 0.4) is 0 Å². The molecule has 0 saturated carbocycles. The van der Waals surface area contributed by atoms with Crippen LogP contribution in [-0.2, 0) is 14.8 Å². The van der Waals surface area contributed by atoms with E-state index in [1.54, 1.807) is 12.1 Å². The van der Waals surface area contributed by atoms with Crippen molar-refractivity contribution in [2.45, 2.75) is 24.7 Å². The maximum atomic E-state index is 12.6. The zero-order valence-electron chi connectivity index (χ0n) is 13.5. The molecule has 0 aromatic heterocycles. The molecule has 128 valence electrons. The monoisotopic (exact) mass is 367 g/mol. The van der Waals surface area contributed by atoms with Crippen LogP contribution in [0.1, 0.15) is 35.7 Å². The van der Waals surface area contributed by atoms with Crippen LogP contribution in [0, 0.1) is 0 Å². The van der Waals surface area contributed by atoms with Crippen LogP contribution in [0.25, 0.3) is 0 Å². The van der Waals surface area contributed by atoms with Crippen molar-refractivity contribution in [2.75, 3.05) is 11.8 Å². The van der Waals surface area contributed by atoms with E-state index < -0.39 is 16.0 Å². The first-order valence-corrected chi connectivity index (χ1v) is 9.11. The Labute approximate surface area is 146 Å². The van der Waals surface area contributed by atoms with Gasteiger partial charge in [0.25, 0.3) is 10.0 Å². The number of ether oxygens (including phenoxy) is 1. The van der Waals surface area contributed by atoms with Gasteiger partial charge in [-0.2, -0.15) is 0 Å². The second kappa shape index (κ2) is 7.23. The molecule has 0 aliphatic rings. The highest BCUT2D eigenvalue weighted by Gasteiger charge is 2.20. The fourth-order valence-corrected chi connectivity index (χ4v) is 3.69. The van der Waals surface area contributed by atoms with Gasteiger partial charge in [-0.05, 0) is 41.8 Å². The number of rotatable bonds is 5. The fraction of sp³-hybridized carbons (Fsp3) is 0.235. The number of anilines is 1. The molecule has 0 aliphatic carbocycles. The SMILES string of the molecule is COC(=O)c1ccc(Cl)c(S(=O)(=O)Nc2ccc(C(C)C)cc2)c1. The number of hydrogen-bond donors (Lipinski definition) is 1. The summed E-state index contributed by atoms with van der Waals surface area (Å²) in [4.78, 5) is 11.4. The van der Waals surface area contributed by atoms with Crippen molar-refractivity contribution in [3.05, 3.63) is 58.6 Å². The van der Waals surface area contributed by atoms with E-state index in [-0.39, 0.29) is 15.5 Å². The molecule has 2 aromatic rings. The Hall–Kier alpha value is -2.05. The predicted molar refractivity (Wildman–Crippen MR) is 94.1 cm³/mol. The predicted octanol–water partition coefficient (Wildman–Crippen LogP) is 4.05. The van der Waals surface area contributed by atoms with Crippen molar-refractivity contribution in [1.29, 1.82) is 0 Å². The maximum absolute atomic E-state index is 12.6. The number of hydrogen-bond acceptors (Lipinski definition) is 4. The van der Waals surface area contributed by atoms with E-state index in [1.807, 2.05) is 12.1 Å². The second-order valence-electron chi connectivity index (χ2n) is 5.52.